The Bertz CT molecular complexity index is 1070. The molecule has 0 fully saturated rings. The van der Waals surface area contributed by atoms with Crippen molar-refractivity contribution in [1.29, 1.82) is 0 Å². The fourth-order valence-electron chi connectivity index (χ4n) is 2.61. The first kappa shape index (κ1) is 18.3. The molecule has 0 aromatic carbocycles. The average Bonchev–Trinajstić information content (AvgIpc) is 2.98. The molecule has 0 unspecified atom stereocenters. The summed E-state index contributed by atoms with van der Waals surface area (Å²) < 4.78 is 65.0. The van der Waals surface area contributed by atoms with E-state index in [2.05, 4.69) is 15.0 Å². The molecule has 0 amide bonds. The van der Waals surface area contributed by atoms with Crippen LogP contribution in [0.4, 0.5) is 13.2 Å². The summed E-state index contributed by atoms with van der Waals surface area (Å²) in [5.74, 6) is 0.0380. The van der Waals surface area contributed by atoms with Crippen molar-refractivity contribution in [3.63, 3.8) is 0 Å². The molecule has 0 radical (unpaired) electrons. The quantitative estimate of drug-likeness (QED) is 0.690. The van der Waals surface area contributed by atoms with Gasteiger partial charge in [0.05, 0.1) is 16.2 Å². The summed E-state index contributed by atoms with van der Waals surface area (Å²) in [4.78, 5) is 12.2. The molecule has 3 heterocycles. The van der Waals surface area contributed by atoms with Crippen LogP contribution in [-0.4, -0.2) is 33.7 Å². The fraction of sp³-hybridized carbons (Fsp3) is 0.312. The molecule has 26 heavy (non-hydrogen) atoms. The van der Waals surface area contributed by atoms with Crippen LogP contribution in [0, 0.1) is 0 Å². The van der Waals surface area contributed by atoms with Crippen LogP contribution in [0.2, 0.25) is 0 Å². The van der Waals surface area contributed by atoms with E-state index in [1.165, 1.54) is 25.3 Å². The first-order valence-electron chi connectivity index (χ1n) is 7.80. The van der Waals surface area contributed by atoms with Crippen molar-refractivity contribution in [2.75, 3.05) is 5.75 Å². The third-order valence-electron chi connectivity index (χ3n) is 3.93. The molecule has 3 aromatic heterocycles. The zero-order chi connectivity index (χ0) is 19.1. The van der Waals surface area contributed by atoms with E-state index in [0.717, 1.165) is 12.3 Å². The van der Waals surface area contributed by atoms with Gasteiger partial charge in [0, 0.05) is 18.9 Å². The molecule has 138 valence electrons. The average molecular weight is 384 g/mol. The zero-order valence-electron chi connectivity index (χ0n) is 13.9. The maximum atomic E-state index is 12.9. The predicted octanol–water partition coefficient (Wildman–Crippen LogP) is 3.33. The minimum Gasteiger partial charge on any atom is -0.308 e. The summed E-state index contributed by atoms with van der Waals surface area (Å²) >= 11 is 0. The Hall–Kier alpha value is -2.49. The highest BCUT2D eigenvalue weighted by atomic mass is 32.2. The van der Waals surface area contributed by atoms with Gasteiger partial charge in [0.1, 0.15) is 11.2 Å². The van der Waals surface area contributed by atoms with Gasteiger partial charge in [-0.2, -0.15) is 13.2 Å². The highest BCUT2D eigenvalue weighted by molar-refractivity contribution is 7.91. The number of sulfone groups is 1. The van der Waals surface area contributed by atoms with E-state index in [1.807, 2.05) is 0 Å². The van der Waals surface area contributed by atoms with Crippen LogP contribution in [0.3, 0.4) is 0 Å². The van der Waals surface area contributed by atoms with Crippen LogP contribution in [0.1, 0.15) is 19.4 Å². The van der Waals surface area contributed by atoms with Gasteiger partial charge in [0.15, 0.2) is 21.3 Å². The molecule has 0 N–H and O–H groups in total. The van der Waals surface area contributed by atoms with Gasteiger partial charge in [-0.3, -0.25) is 4.98 Å². The Morgan fingerprint density at radius 1 is 1.19 bits per heavy atom. The molecule has 0 aliphatic carbocycles. The number of imidazole rings is 1. The van der Waals surface area contributed by atoms with Gasteiger partial charge in [-0.15, -0.1) is 0 Å². The number of pyridine rings is 2. The second-order valence-electron chi connectivity index (χ2n) is 5.50. The second kappa shape index (κ2) is 6.35. The SMILES string of the molecule is CCn1c(-c2ncccc2S(=O)(=O)CC)nc2cc(C(F)(F)F)cnc21. The van der Waals surface area contributed by atoms with Crippen molar-refractivity contribution in [2.24, 2.45) is 0 Å². The lowest BCUT2D eigenvalue weighted by molar-refractivity contribution is -0.137. The van der Waals surface area contributed by atoms with Crippen LogP contribution < -0.4 is 0 Å². The zero-order valence-corrected chi connectivity index (χ0v) is 14.8. The number of aromatic nitrogens is 4. The topological polar surface area (TPSA) is 77.7 Å². The van der Waals surface area contributed by atoms with E-state index in [1.54, 1.807) is 11.5 Å². The van der Waals surface area contributed by atoms with Crippen LogP contribution in [0.15, 0.2) is 35.5 Å². The molecule has 0 bridgehead atoms. The molecule has 0 saturated carbocycles. The standard InChI is InChI=1S/C16H15F3N4O2S/c1-3-23-14-11(8-10(9-21-14)16(17,18)19)22-15(23)13-12(6-5-7-20-13)26(24,25)4-2/h5-9H,3-4H2,1-2H3. The van der Waals surface area contributed by atoms with E-state index in [0.29, 0.717) is 6.54 Å². The lowest BCUT2D eigenvalue weighted by atomic mass is 10.2. The summed E-state index contributed by atoms with van der Waals surface area (Å²) in [6.07, 6.45) is -2.39. The minimum absolute atomic E-state index is 0.0106. The number of hydrogen-bond donors (Lipinski definition) is 0. The Labute approximate surface area is 147 Å². The van der Waals surface area contributed by atoms with Crippen molar-refractivity contribution in [2.45, 2.75) is 31.5 Å². The molecule has 0 aliphatic heterocycles. The molecule has 3 rings (SSSR count). The van der Waals surface area contributed by atoms with Gasteiger partial charge >= 0.3 is 6.18 Å². The molecule has 0 spiro atoms. The van der Waals surface area contributed by atoms with Crippen molar-refractivity contribution in [3.8, 4) is 11.5 Å². The van der Waals surface area contributed by atoms with Gasteiger partial charge in [-0.25, -0.2) is 18.4 Å². The molecule has 3 aromatic rings. The van der Waals surface area contributed by atoms with Crippen molar-refractivity contribution in [1.82, 2.24) is 19.5 Å². The van der Waals surface area contributed by atoms with Crippen molar-refractivity contribution < 1.29 is 21.6 Å². The molecular formula is C16H15F3N4O2S. The number of nitrogens with zero attached hydrogens (tertiary/aromatic N) is 4. The van der Waals surface area contributed by atoms with Gasteiger partial charge < -0.3 is 4.57 Å². The normalized spacial score (nSPS) is 12.7. The Morgan fingerprint density at radius 3 is 2.54 bits per heavy atom. The molecule has 10 heteroatoms. The number of fused-ring (bicyclic) bond motifs is 1. The number of hydrogen-bond acceptors (Lipinski definition) is 5. The molecule has 0 atom stereocenters. The lowest BCUT2D eigenvalue weighted by Crippen LogP contribution is -2.09. The van der Waals surface area contributed by atoms with Gasteiger partial charge in [-0.05, 0) is 25.1 Å². The summed E-state index contributed by atoms with van der Waals surface area (Å²) in [5, 5.41) is 0. The van der Waals surface area contributed by atoms with Crippen molar-refractivity contribution in [3.05, 3.63) is 36.2 Å². The summed E-state index contributed by atoms with van der Waals surface area (Å²) in [5.41, 5.74) is -0.550. The van der Waals surface area contributed by atoms with Crippen molar-refractivity contribution >= 4 is 21.0 Å². The van der Waals surface area contributed by atoms with Gasteiger partial charge in [0.2, 0.25) is 0 Å². The summed E-state index contributed by atoms with van der Waals surface area (Å²) in [6.45, 7) is 3.61. The van der Waals surface area contributed by atoms with Gasteiger partial charge in [-0.1, -0.05) is 6.92 Å². The lowest BCUT2D eigenvalue weighted by Gasteiger charge is -2.09. The third kappa shape index (κ3) is 3.05. The maximum Gasteiger partial charge on any atom is 0.417 e. The van der Waals surface area contributed by atoms with E-state index in [9.17, 15) is 21.6 Å². The third-order valence-corrected chi connectivity index (χ3v) is 5.69. The molecule has 0 saturated heterocycles. The number of alkyl halides is 3. The molecule has 0 aliphatic rings. The molecular weight excluding hydrogens is 369 g/mol. The fourth-order valence-corrected chi connectivity index (χ4v) is 3.65. The van der Waals surface area contributed by atoms with E-state index >= 15 is 0 Å². The number of halogens is 3. The summed E-state index contributed by atoms with van der Waals surface area (Å²) in [6, 6.07) is 3.80. The first-order valence-corrected chi connectivity index (χ1v) is 9.46. The minimum atomic E-state index is -4.54. The maximum absolute atomic E-state index is 12.9. The Kier molecular flexibility index (Phi) is 4.47. The van der Waals surface area contributed by atoms with E-state index < -0.39 is 21.6 Å². The smallest absolute Gasteiger partial charge is 0.308 e. The van der Waals surface area contributed by atoms with E-state index in [-0.39, 0.29) is 33.3 Å². The second-order valence-corrected chi connectivity index (χ2v) is 7.74. The van der Waals surface area contributed by atoms with Crippen LogP contribution in [0.5, 0.6) is 0 Å². The Balaban J connectivity index is 2.30. The van der Waals surface area contributed by atoms with Crippen LogP contribution in [0.25, 0.3) is 22.7 Å². The monoisotopic (exact) mass is 384 g/mol. The Morgan fingerprint density at radius 2 is 1.92 bits per heavy atom. The van der Waals surface area contributed by atoms with Crippen LogP contribution in [-0.2, 0) is 22.6 Å². The summed E-state index contributed by atoms with van der Waals surface area (Å²) in [7, 11) is -3.59. The number of rotatable bonds is 4. The highest BCUT2D eigenvalue weighted by Gasteiger charge is 2.32. The predicted molar refractivity (Wildman–Crippen MR) is 89.2 cm³/mol. The first-order chi connectivity index (χ1) is 12.2. The number of aryl methyl sites for hydroxylation is 1. The van der Waals surface area contributed by atoms with Crippen LogP contribution >= 0.6 is 0 Å². The van der Waals surface area contributed by atoms with Gasteiger partial charge in [0.25, 0.3) is 0 Å². The largest absolute Gasteiger partial charge is 0.417 e. The highest BCUT2D eigenvalue weighted by Crippen LogP contribution is 2.32. The van der Waals surface area contributed by atoms with E-state index in [4.69, 9.17) is 0 Å². The molecule has 6 nitrogen and oxygen atoms in total.